The van der Waals surface area contributed by atoms with Gasteiger partial charge in [0.15, 0.2) is 0 Å². The molecule has 0 aliphatic rings. The molecular formula is H4MoO2Ti. The van der Waals surface area contributed by atoms with Crippen molar-refractivity contribution in [3.8, 4) is 0 Å². The Labute approximate surface area is 53.7 Å². The molecule has 0 spiro atoms. The topological polar surface area (TPSA) is 63.0 Å². The molecule has 0 amide bonds. The summed E-state index contributed by atoms with van der Waals surface area (Å²) in [5.74, 6) is 0. The molecule has 26 valence electrons. The van der Waals surface area contributed by atoms with E-state index in [2.05, 4.69) is 0 Å². The molecule has 0 fully saturated rings. The second kappa shape index (κ2) is 27.3. The van der Waals surface area contributed by atoms with Crippen molar-refractivity contribution in [1.29, 1.82) is 0 Å². The molecule has 0 aromatic carbocycles. The molecule has 0 aliphatic carbocycles. The predicted octanol–water partition coefficient (Wildman–Crippen LogP) is -1.65. The summed E-state index contributed by atoms with van der Waals surface area (Å²) in [7, 11) is 0. The third-order valence-electron chi connectivity index (χ3n) is 0. The van der Waals surface area contributed by atoms with Gasteiger partial charge in [-0.2, -0.15) is 0 Å². The van der Waals surface area contributed by atoms with Gasteiger partial charge in [-0.05, 0) is 0 Å². The third kappa shape index (κ3) is 10.2. The van der Waals surface area contributed by atoms with E-state index < -0.39 is 0 Å². The minimum absolute atomic E-state index is 0. The predicted molar refractivity (Wildman–Crippen MR) is 7.23 cm³/mol. The van der Waals surface area contributed by atoms with Gasteiger partial charge in [0, 0.05) is 42.8 Å². The van der Waals surface area contributed by atoms with Crippen molar-refractivity contribution in [2.45, 2.75) is 0 Å². The van der Waals surface area contributed by atoms with Crippen LogP contribution in [0.5, 0.6) is 0 Å². The van der Waals surface area contributed by atoms with Crippen LogP contribution in [0.1, 0.15) is 0 Å². The van der Waals surface area contributed by atoms with Crippen molar-refractivity contribution in [1.82, 2.24) is 0 Å². The first-order valence-corrected chi connectivity index (χ1v) is 0. The molecule has 0 bridgehead atoms. The van der Waals surface area contributed by atoms with E-state index in [1.54, 1.807) is 0 Å². The Morgan fingerprint density at radius 3 is 0.750 bits per heavy atom. The normalized spacial score (nSPS) is 0. The second-order valence-electron chi connectivity index (χ2n) is 0. The Bertz CT molecular complexity index is 6.00. The molecule has 4 heteroatoms. The smallest absolute Gasteiger partial charge is 0 e. The minimum atomic E-state index is 0. The van der Waals surface area contributed by atoms with E-state index in [1.165, 1.54) is 0 Å². The van der Waals surface area contributed by atoms with E-state index in [0.29, 0.717) is 0 Å². The maximum Gasteiger partial charge on any atom is 0 e. The summed E-state index contributed by atoms with van der Waals surface area (Å²) in [4.78, 5) is 0. The molecule has 2 nitrogen and oxygen atoms in total. The Hall–Kier alpha value is 1.32. The molecule has 0 aromatic heterocycles. The number of hydrogen-bond acceptors (Lipinski definition) is 0. The Kier molecular flexibility index (Phi) is 388. The minimum Gasteiger partial charge on any atom is -0.412 e. The fourth-order valence-corrected chi connectivity index (χ4v) is 0. The average Bonchev–Trinajstić information content (AvgIpc) is 0. The van der Waals surface area contributed by atoms with Crippen LogP contribution in [0.2, 0.25) is 0 Å². The van der Waals surface area contributed by atoms with Crippen LogP contribution in [-0.4, -0.2) is 11.0 Å². The average molecular weight is 180 g/mol. The van der Waals surface area contributed by atoms with Crippen LogP contribution in [0, 0.1) is 0 Å². The summed E-state index contributed by atoms with van der Waals surface area (Å²) >= 11 is 0. The zero-order valence-corrected chi connectivity index (χ0v) is 5.48. The van der Waals surface area contributed by atoms with E-state index in [-0.39, 0.29) is 53.7 Å². The number of hydrogen-bond donors (Lipinski definition) is 0. The van der Waals surface area contributed by atoms with Crippen molar-refractivity contribution in [3.05, 3.63) is 0 Å². The molecule has 0 unspecified atom stereocenters. The van der Waals surface area contributed by atoms with Crippen LogP contribution >= 0.6 is 0 Å². The summed E-state index contributed by atoms with van der Waals surface area (Å²) in [6, 6.07) is 0. The van der Waals surface area contributed by atoms with E-state index in [9.17, 15) is 0 Å². The molecule has 0 aliphatic heterocycles. The van der Waals surface area contributed by atoms with Crippen molar-refractivity contribution < 1.29 is 53.7 Å². The first-order valence-electron chi connectivity index (χ1n) is 0. The number of rotatable bonds is 0. The van der Waals surface area contributed by atoms with Gasteiger partial charge in [0.1, 0.15) is 0 Å². The van der Waals surface area contributed by atoms with E-state index in [1.807, 2.05) is 0 Å². The second-order valence-corrected chi connectivity index (χ2v) is 0. The standard InChI is InChI=1S/Mo.2H2O.Ti/h;2*1H2;. The van der Waals surface area contributed by atoms with Crippen molar-refractivity contribution in [2.75, 3.05) is 0 Å². The molecule has 0 saturated carbocycles. The largest absolute Gasteiger partial charge is 0.412 e. The van der Waals surface area contributed by atoms with Crippen LogP contribution in [0.25, 0.3) is 0 Å². The van der Waals surface area contributed by atoms with Crippen molar-refractivity contribution >= 4 is 0 Å². The van der Waals surface area contributed by atoms with Crippen molar-refractivity contribution in [2.24, 2.45) is 0 Å². The maximum atomic E-state index is 0. The zero-order chi connectivity index (χ0) is 0. The van der Waals surface area contributed by atoms with Crippen molar-refractivity contribution in [3.63, 3.8) is 0 Å². The van der Waals surface area contributed by atoms with Gasteiger partial charge in [0.05, 0.1) is 0 Å². The Morgan fingerprint density at radius 1 is 0.750 bits per heavy atom. The van der Waals surface area contributed by atoms with Gasteiger partial charge in [0.2, 0.25) is 0 Å². The molecule has 0 radical (unpaired) electrons. The van der Waals surface area contributed by atoms with Crippen LogP contribution in [0.3, 0.4) is 0 Å². The van der Waals surface area contributed by atoms with Crippen LogP contribution < -0.4 is 0 Å². The van der Waals surface area contributed by atoms with Crippen LogP contribution in [0.4, 0.5) is 0 Å². The van der Waals surface area contributed by atoms with Gasteiger partial charge in [0.25, 0.3) is 0 Å². The summed E-state index contributed by atoms with van der Waals surface area (Å²) in [5, 5.41) is 0. The summed E-state index contributed by atoms with van der Waals surface area (Å²) in [6.45, 7) is 0. The van der Waals surface area contributed by atoms with Gasteiger partial charge in [-0.15, -0.1) is 0 Å². The van der Waals surface area contributed by atoms with Gasteiger partial charge in [-0.3, -0.25) is 0 Å². The summed E-state index contributed by atoms with van der Waals surface area (Å²) in [6.07, 6.45) is 0. The molecule has 0 saturated heterocycles. The van der Waals surface area contributed by atoms with E-state index in [0.717, 1.165) is 0 Å². The van der Waals surface area contributed by atoms with Crippen LogP contribution in [0.15, 0.2) is 0 Å². The zero-order valence-electron chi connectivity index (χ0n) is 1.91. The molecule has 0 heterocycles. The molecule has 4 N–H and O–H groups in total. The summed E-state index contributed by atoms with van der Waals surface area (Å²) < 4.78 is 0. The fourth-order valence-electron chi connectivity index (χ4n) is 0. The maximum absolute atomic E-state index is 0. The van der Waals surface area contributed by atoms with Gasteiger partial charge in [-0.1, -0.05) is 0 Å². The molecule has 0 atom stereocenters. The molecule has 0 aromatic rings. The van der Waals surface area contributed by atoms with Gasteiger partial charge < -0.3 is 11.0 Å². The Morgan fingerprint density at radius 2 is 0.750 bits per heavy atom. The summed E-state index contributed by atoms with van der Waals surface area (Å²) in [5.41, 5.74) is 0. The first kappa shape index (κ1) is 56.9. The molecule has 0 rings (SSSR count). The van der Waals surface area contributed by atoms with E-state index >= 15 is 0 Å². The fraction of sp³-hybridized carbons (Fsp3) is 0. The SMILES string of the molecule is O.O.[Mo].[Ti]. The van der Waals surface area contributed by atoms with Gasteiger partial charge in [-0.25, -0.2) is 0 Å². The molecule has 4 heavy (non-hydrogen) atoms. The first-order chi connectivity index (χ1) is 0. The molecular weight excluding hydrogens is 176 g/mol. The quantitative estimate of drug-likeness (QED) is 0.400. The van der Waals surface area contributed by atoms with E-state index in [4.69, 9.17) is 0 Å². The Balaban J connectivity index is 0. The van der Waals surface area contributed by atoms with Gasteiger partial charge >= 0.3 is 0 Å². The third-order valence-corrected chi connectivity index (χ3v) is 0. The monoisotopic (exact) mass is 182 g/mol. The van der Waals surface area contributed by atoms with Crippen LogP contribution in [-0.2, 0) is 42.8 Å².